The number of benzene rings is 2. The molecule has 0 atom stereocenters. The zero-order chi connectivity index (χ0) is 14.9. The summed E-state index contributed by atoms with van der Waals surface area (Å²) in [6.07, 6.45) is 1.62. The van der Waals surface area contributed by atoms with Gasteiger partial charge in [-0.2, -0.15) is 5.10 Å². The Morgan fingerprint density at radius 2 is 1.90 bits per heavy atom. The van der Waals surface area contributed by atoms with Crippen molar-refractivity contribution in [2.45, 2.75) is 4.90 Å². The maximum atomic E-state index is 11.7. The molecule has 0 aliphatic heterocycles. The molecule has 108 valence electrons. The summed E-state index contributed by atoms with van der Waals surface area (Å²) >= 11 is 1.45. The lowest BCUT2D eigenvalue weighted by Gasteiger charge is -2.02. The van der Waals surface area contributed by atoms with Gasteiger partial charge in [0.1, 0.15) is 5.75 Å². The Bertz CT molecular complexity index is 597. The van der Waals surface area contributed by atoms with E-state index in [1.54, 1.807) is 13.3 Å². The monoisotopic (exact) mass is 300 g/mol. The molecule has 2 rings (SSSR count). The van der Waals surface area contributed by atoms with Crippen LogP contribution in [0.1, 0.15) is 5.56 Å². The summed E-state index contributed by atoms with van der Waals surface area (Å²) in [5, 5.41) is 3.92. The van der Waals surface area contributed by atoms with Gasteiger partial charge in [0.2, 0.25) is 5.91 Å². The first-order valence-electron chi connectivity index (χ1n) is 6.42. The van der Waals surface area contributed by atoms with Crippen molar-refractivity contribution in [1.29, 1.82) is 0 Å². The lowest BCUT2D eigenvalue weighted by atomic mass is 10.2. The smallest absolute Gasteiger partial charge is 0.250 e. The third-order valence-electron chi connectivity index (χ3n) is 2.63. The van der Waals surface area contributed by atoms with Gasteiger partial charge in [-0.25, -0.2) is 5.43 Å². The number of thioether (sulfide) groups is 1. The van der Waals surface area contributed by atoms with Crippen LogP contribution in [0.3, 0.4) is 0 Å². The van der Waals surface area contributed by atoms with E-state index in [0.29, 0.717) is 5.75 Å². The highest BCUT2D eigenvalue weighted by Gasteiger charge is 2.01. The number of rotatable bonds is 6. The number of methoxy groups -OCH3 is 1. The first-order chi connectivity index (χ1) is 10.3. The number of carbonyl (C=O) groups is 1. The Labute approximate surface area is 128 Å². The van der Waals surface area contributed by atoms with Crippen LogP contribution in [0.5, 0.6) is 5.75 Å². The van der Waals surface area contributed by atoms with Gasteiger partial charge in [-0.15, -0.1) is 11.8 Å². The molecule has 1 N–H and O–H groups in total. The van der Waals surface area contributed by atoms with Crippen molar-refractivity contribution in [2.24, 2.45) is 5.10 Å². The topological polar surface area (TPSA) is 50.7 Å². The normalized spacial score (nSPS) is 10.5. The maximum Gasteiger partial charge on any atom is 0.250 e. The second kappa shape index (κ2) is 8.11. The molecule has 5 heteroatoms. The predicted molar refractivity (Wildman–Crippen MR) is 85.9 cm³/mol. The maximum absolute atomic E-state index is 11.7. The lowest BCUT2D eigenvalue weighted by Crippen LogP contribution is -2.19. The molecule has 0 spiro atoms. The van der Waals surface area contributed by atoms with Crippen LogP contribution in [0, 0.1) is 0 Å². The molecular weight excluding hydrogens is 284 g/mol. The predicted octanol–water partition coefficient (Wildman–Crippen LogP) is 2.94. The van der Waals surface area contributed by atoms with Gasteiger partial charge in [0.15, 0.2) is 0 Å². The van der Waals surface area contributed by atoms with E-state index in [-0.39, 0.29) is 5.91 Å². The molecule has 4 nitrogen and oxygen atoms in total. The number of amides is 1. The summed E-state index contributed by atoms with van der Waals surface area (Å²) in [5.41, 5.74) is 3.45. The average molecular weight is 300 g/mol. The fourth-order valence-electron chi connectivity index (χ4n) is 1.57. The van der Waals surface area contributed by atoms with Gasteiger partial charge in [-0.3, -0.25) is 4.79 Å². The molecule has 1 amide bonds. The molecule has 0 heterocycles. The summed E-state index contributed by atoms with van der Waals surface area (Å²) in [5.74, 6) is 0.984. The van der Waals surface area contributed by atoms with Crippen molar-refractivity contribution in [3.05, 3.63) is 60.2 Å². The first kappa shape index (κ1) is 15.1. The highest BCUT2D eigenvalue weighted by atomic mass is 32.2. The third kappa shape index (κ3) is 5.31. The molecular formula is C16H16N2O2S. The highest BCUT2D eigenvalue weighted by Crippen LogP contribution is 2.20. The highest BCUT2D eigenvalue weighted by molar-refractivity contribution is 8.00. The molecule has 21 heavy (non-hydrogen) atoms. The quantitative estimate of drug-likeness (QED) is 0.507. The zero-order valence-corrected chi connectivity index (χ0v) is 12.5. The number of carbonyl (C=O) groups excluding carboxylic acids is 1. The summed E-state index contributed by atoms with van der Waals surface area (Å²) in [7, 11) is 1.63. The largest absolute Gasteiger partial charge is 0.497 e. The van der Waals surface area contributed by atoms with Gasteiger partial charge in [0.05, 0.1) is 19.1 Å². The molecule has 0 bridgehead atoms. The molecule has 0 fully saturated rings. The molecule has 0 saturated carbocycles. The van der Waals surface area contributed by atoms with E-state index in [2.05, 4.69) is 10.5 Å². The minimum Gasteiger partial charge on any atom is -0.497 e. The Kier molecular flexibility index (Phi) is 5.84. The summed E-state index contributed by atoms with van der Waals surface area (Å²) < 4.78 is 5.08. The Morgan fingerprint density at radius 3 is 2.57 bits per heavy atom. The fraction of sp³-hybridized carbons (Fsp3) is 0.125. The van der Waals surface area contributed by atoms with Crippen LogP contribution in [0.2, 0.25) is 0 Å². The van der Waals surface area contributed by atoms with Crippen molar-refractivity contribution < 1.29 is 9.53 Å². The van der Waals surface area contributed by atoms with E-state index in [1.165, 1.54) is 11.8 Å². The van der Waals surface area contributed by atoms with Gasteiger partial charge in [0, 0.05) is 4.90 Å². The summed E-state index contributed by atoms with van der Waals surface area (Å²) in [6.45, 7) is 0. The standard InChI is InChI=1S/C16H16N2O2S/c1-20-14-7-9-15(10-8-14)21-12-16(19)18-17-11-13-5-3-2-4-6-13/h2-11H,12H2,1H3,(H,18,19)/b17-11-. The van der Waals surface area contributed by atoms with Crippen LogP contribution in [0.25, 0.3) is 0 Å². The number of hydrogen-bond donors (Lipinski definition) is 1. The van der Waals surface area contributed by atoms with Crippen molar-refractivity contribution in [2.75, 3.05) is 12.9 Å². The second-order valence-corrected chi connectivity index (χ2v) is 5.22. The number of hydrogen-bond acceptors (Lipinski definition) is 4. The number of hydrazone groups is 1. The second-order valence-electron chi connectivity index (χ2n) is 4.17. The van der Waals surface area contributed by atoms with E-state index in [1.807, 2.05) is 54.6 Å². The van der Waals surface area contributed by atoms with E-state index < -0.39 is 0 Å². The van der Waals surface area contributed by atoms with Crippen LogP contribution in [-0.2, 0) is 4.79 Å². The fourth-order valence-corrected chi connectivity index (χ4v) is 2.26. The van der Waals surface area contributed by atoms with Crippen molar-refractivity contribution in [3.8, 4) is 5.75 Å². The van der Waals surface area contributed by atoms with E-state index >= 15 is 0 Å². The Hall–Kier alpha value is -2.27. The number of nitrogens with one attached hydrogen (secondary N) is 1. The Morgan fingerprint density at radius 1 is 1.19 bits per heavy atom. The van der Waals surface area contributed by atoms with Crippen LogP contribution < -0.4 is 10.2 Å². The van der Waals surface area contributed by atoms with Gasteiger partial charge in [-0.05, 0) is 29.8 Å². The SMILES string of the molecule is COc1ccc(SCC(=O)N/N=C\c2ccccc2)cc1. The Balaban J connectivity index is 1.75. The molecule has 0 saturated heterocycles. The molecule has 2 aromatic rings. The van der Waals surface area contributed by atoms with Gasteiger partial charge in [-0.1, -0.05) is 30.3 Å². The average Bonchev–Trinajstić information content (AvgIpc) is 2.54. The minimum atomic E-state index is -0.136. The van der Waals surface area contributed by atoms with Crippen LogP contribution in [-0.4, -0.2) is 25.0 Å². The van der Waals surface area contributed by atoms with E-state index in [0.717, 1.165) is 16.2 Å². The van der Waals surface area contributed by atoms with Crippen LogP contribution >= 0.6 is 11.8 Å². The molecule has 0 aliphatic rings. The minimum absolute atomic E-state index is 0.136. The number of ether oxygens (including phenoxy) is 1. The van der Waals surface area contributed by atoms with E-state index in [4.69, 9.17) is 4.74 Å². The molecule has 0 aliphatic carbocycles. The van der Waals surface area contributed by atoms with Crippen molar-refractivity contribution in [3.63, 3.8) is 0 Å². The molecule has 2 aromatic carbocycles. The molecule has 0 unspecified atom stereocenters. The van der Waals surface area contributed by atoms with Gasteiger partial charge < -0.3 is 4.74 Å². The van der Waals surface area contributed by atoms with Crippen LogP contribution in [0.4, 0.5) is 0 Å². The lowest BCUT2D eigenvalue weighted by molar-refractivity contribution is -0.118. The first-order valence-corrected chi connectivity index (χ1v) is 7.40. The van der Waals surface area contributed by atoms with Crippen molar-refractivity contribution >= 4 is 23.9 Å². The number of nitrogens with zero attached hydrogens (tertiary/aromatic N) is 1. The van der Waals surface area contributed by atoms with Crippen LogP contribution in [0.15, 0.2) is 64.6 Å². The summed E-state index contributed by atoms with van der Waals surface area (Å²) in [4.78, 5) is 12.7. The van der Waals surface area contributed by atoms with Gasteiger partial charge >= 0.3 is 0 Å². The summed E-state index contributed by atoms with van der Waals surface area (Å²) in [6, 6.07) is 17.2. The molecule has 0 radical (unpaired) electrons. The zero-order valence-electron chi connectivity index (χ0n) is 11.7. The van der Waals surface area contributed by atoms with E-state index in [9.17, 15) is 4.79 Å². The van der Waals surface area contributed by atoms with Gasteiger partial charge in [0.25, 0.3) is 0 Å². The van der Waals surface area contributed by atoms with Crippen molar-refractivity contribution in [1.82, 2.24) is 5.43 Å². The third-order valence-corrected chi connectivity index (χ3v) is 3.64. The molecule has 0 aromatic heterocycles.